The van der Waals surface area contributed by atoms with Gasteiger partial charge in [0.25, 0.3) is 5.91 Å². The largest absolute Gasteiger partial charge is 0.472 e. The number of furan rings is 1. The molecule has 4 aromatic rings. The lowest BCUT2D eigenvalue weighted by atomic mass is 10.1. The Hall–Kier alpha value is -3.67. The van der Waals surface area contributed by atoms with Crippen LogP contribution in [0, 0.1) is 0 Å². The summed E-state index contributed by atoms with van der Waals surface area (Å²) in [6.07, 6.45) is 5.01. The van der Waals surface area contributed by atoms with Gasteiger partial charge in [0, 0.05) is 30.9 Å². The van der Waals surface area contributed by atoms with Crippen molar-refractivity contribution in [2.75, 3.05) is 0 Å². The molecule has 0 saturated carbocycles. The van der Waals surface area contributed by atoms with Crippen molar-refractivity contribution in [3.8, 4) is 22.5 Å². The summed E-state index contributed by atoms with van der Waals surface area (Å²) in [5.74, 6) is -0.175. The highest BCUT2D eigenvalue weighted by Crippen LogP contribution is 2.19. The van der Waals surface area contributed by atoms with Crippen LogP contribution in [0.3, 0.4) is 0 Å². The number of rotatable bonds is 5. The van der Waals surface area contributed by atoms with Crippen LogP contribution in [0.15, 0.2) is 77.7 Å². The molecule has 0 aliphatic heterocycles. The molecule has 6 nitrogen and oxygen atoms in total. The number of benzene rings is 1. The smallest absolute Gasteiger partial charge is 0.269 e. The van der Waals surface area contributed by atoms with Crippen LogP contribution in [-0.4, -0.2) is 20.7 Å². The molecule has 3 aromatic heterocycles. The second kappa shape index (κ2) is 7.29. The van der Waals surface area contributed by atoms with Crippen molar-refractivity contribution in [3.63, 3.8) is 0 Å². The van der Waals surface area contributed by atoms with Gasteiger partial charge in [-0.25, -0.2) is 0 Å². The van der Waals surface area contributed by atoms with Crippen molar-refractivity contribution in [1.29, 1.82) is 0 Å². The van der Waals surface area contributed by atoms with Gasteiger partial charge in [-0.3, -0.25) is 14.5 Å². The Balaban J connectivity index is 1.43. The van der Waals surface area contributed by atoms with E-state index in [1.54, 1.807) is 36.5 Å². The zero-order valence-electron chi connectivity index (χ0n) is 14.8. The van der Waals surface area contributed by atoms with E-state index in [1.807, 2.05) is 48.5 Å². The summed E-state index contributed by atoms with van der Waals surface area (Å²) in [7, 11) is 1.77. The van der Waals surface area contributed by atoms with E-state index in [2.05, 4.69) is 15.4 Å². The molecule has 4 rings (SSSR count). The Morgan fingerprint density at radius 1 is 1.07 bits per heavy atom. The summed E-state index contributed by atoms with van der Waals surface area (Å²) in [4.78, 5) is 16.9. The van der Waals surface area contributed by atoms with E-state index in [-0.39, 0.29) is 5.91 Å². The van der Waals surface area contributed by atoms with Crippen LogP contribution in [-0.2, 0) is 13.6 Å². The number of nitrogens with zero attached hydrogens (tertiary/aromatic N) is 3. The highest BCUT2D eigenvalue weighted by Gasteiger charge is 2.14. The summed E-state index contributed by atoms with van der Waals surface area (Å²) >= 11 is 0. The average molecular weight is 358 g/mol. The lowest BCUT2D eigenvalue weighted by Crippen LogP contribution is -2.25. The molecular weight excluding hydrogens is 340 g/mol. The van der Waals surface area contributed by atoms with Crippen molar-refractivity contribution in [2.45, 2.75) is 6.54 Å². The lowest BCUT2D eigenvalue weighted by Gasteiger charge is -2.06. The van der Waals surface area contributed by atoms with Gasteiger partial charge in [-0.15, -0.1) is 0 Å². The Kier molecular flexibility index (Phi) is 4.53. The summed E-state index contributed by atoms with van der Waals surface area (Å²) in [6, 6.07) is 17.3. The van der Waals surface area contributed by atoms with E-state index in [4.69, 9.17) is 4.42 Å². The van der Waals surface area contributed by atoms with Gasteiger partial charge in [-0.1, -0.05) is 36.4 Å². The lowest BCUT2D eigenvalue weighted by molar-refractivity contribution is 0.0941. The van der Waals surface area contributed by atoms with E-state index in [9.17, 15) is 4.79 Å². The first-order chi connectivity index (χ1) is 13.2. The third-order valence-electron chi connectivity index (χ3n) is 4.28. The Bertz CT molecular complexity index is 1040. The maximum Gasteiger partial charge on any atom is 0.269 e. The number of carbonyl (C=O) groups excluding carboxylic acids is 1. The second-order valence-corrected chi connectivity index (χ2v) is 6.15. The quantitative estimate of drug-likeness (QED) is 0.591. The Morgan fingerprint density at radius 2 is 1.93 bits per heavy atom. The summed E-state index contributed by atoms with van der Waals surface area (Å²) < 4.78 is 6.66. The summed E-state index contributed by atoms with van der Waals surface area (Å²) in [6.45, 7) is 0.392. The number of nitrogens with one attached hydrogen (secondary N) is 1. The van der Waals surface area contributed by atoms with Crippen LogP contribution in [0.2, 0.25) is 0 Å². The molecule has 1 amide bonds. The van der Waals surface area contributed by atoms with Gasteiger partial charge >= 0.3 is 0 Å². The van der Waals surface area contributed by atoms with Crippen molar-refractivity contribution < 1.29 is 9.21 Å². The number of amides is 1. The van der Waals surface area contributed by atoms with Gasteiger partial charge in [-0.2, -0.15) is 5.10 Å². The van der Waals surface area contributed by atoms with E-state index < -0.39 is 0 Å². The molecule has 0 saturated heterocycles. The number of carbonyl (C=O) groups is 1. The standard InChI is InChI=1S/C21H18N4O2/c1-25-20(11-19(24-25)16-5-3-2-4-6-16)21(26)23-13-15-7-8-18(22-12-15)17-9-10-27-14-17/h2-12,14H,13H2,1H3,(H,23,26). The molecule has 134 valence electrons. The van der Waals surface area contributed by atoms with Crippen LogP contribution in [0.4, 0.5) is 0 Å². The fraction of sp³-hybridized carbons (Fsp3) is 0.0952. The van der Waals surface area contributed by atoms with Crippen molar-refractivity contribution in [2.24, 2.45) is 7.05 Å². The maximum atomic E-state index is 12.5. The minimum absolute atomic E-state index is 0.175. The first kappa shape index (κ1) is 16.8. The highest BCUT2D eigenvalue weighted by atomic mass is 16.3. The average Bonchev–Trinajstić information content (AvgIpc) is 3.37. The summed E-state index contributed by atoms with van der Waals surface area (Å²) in [5.41, 5.74) is 4.94. The van der Waals surface area contributed by atoms with Gasteiger partial charge in [0.15, 0.2) is 0 Å². The predicted molar refractivity (Wildman–Crippen MR) is 102 cm³/mol. The molecule has 0 spiro atoms. The fourth-order valence-corrected chi connectivity index (χ4v) is 2.81. The number of aromatic nitrogens is 3. The van der Waals surface area contributed by atoms with Crippen LogP contribution >= 0.6 is 0 Å². The summed E-state index contributed by atoms with van der Waals surface area (Å²) in [5, 5.41) is 7.35. The van der Waals surface area contributed by atoms with Gasteiger partial charge < -0.3 is 9.73 Å². The molecule has 6 heteroatoms. The minimum Gasteiger partial charge on any atom is -0.472 e. The van der Waals surface area contributed by atoms with Crippen molar-refractivity contribution in [1.82, 2.24) is 20.1 Å². The molecule has 0 radical (unpaired) electrons. The first-order valence-electron chi connectivity index (χ1n) is 8.56. The molecule has 0 bridgehead atoms. The highest BCUT2D eigenvalue weighted by molar-refractivity contribution is 5.93. The molecule has 0 aliphatic carbocycles. The Morgan fingerprint density at radius 3 is 2.63 bits per heavy atom. The molecule has 1 N–H and O–H groups in total. The molecule has 1 aromatic carbocycles. The molecule has 3 heterocycles. The van der Waals surface area contributed by atoms with Crippen molar-refractivity contribution >= 4 is 5.91 Å². The van der Waals surface area contributed by atoms with E-state index >= 15 is 0 Å². The number of hydrogen-bond acceptors (Lipinski definition) is 4. The minimum atomic E-state index is -0.175. The second-order valence-electron chi connectivity index (χ2n) is 6.15. The van der Waals surface area contributed by atoms with Crippen LogP contribution in [0.25, 0.3) is 22.5 Å². The zero-order valence-corrected chi connectivity index (χ0v) is 14.8. The normalized spacial score (nSPS) is 10.7. The van der Waals surface area contributed by atoms with Crippen LogP contribution < -0.4 is 5.32 Å². The van der Waals surface area contributed by atoms with E-state index in [0.29, 0.717) is 12.2 Å². The topological polar surface area (TPSA) is 73.0 Å². The van der Waals surface area contributed by atoms with Gasteiger partial charge in [-0.05, 0) is 23.8 Å². The number of hydrogen-bond donors (Lipinski definition) is 1. The SMILES string of the molecule is Cn1nc(-c2ccccc2)cc1C(=O)NCc1ccc(-c2ccoc2)nc1. The van der Waals surface area contributed by atoms with Gasteiger partial charge in [0.2, 0.25) is 0 Å². The van der Waals surface area contributed by atoms with E-state index in [1.165, 1.54) is 0 Å². The molecule has 0 unspecified atom stereocenters. The molecule has 0 aliphatic rings. The van der Waals surface area contributed by atoms with Crippen LogP contribution in [0.1, 0.15) is 16.1 Å². The van der Waals surface area contributed by atoms with Gasteiger partial charge in [0.1, 0.15) is 5.69 Å². The molecule has 0 atom stereocenters. The Labute approximate surface area is 156 Å². The monoisotopic (exact) mass is 358 g/mol. The van der Waals surface area contributed by atoms with Crippen LogP contribution in [0.5, 0.6) is 0 Å². The molecule has 27 heavy (non-hydrogen) atoms. The number of pyridine rings is 1. The van der Waals surface area contributed by atoms with Crippen molar-refractivity contribution in [3.05, 3.63) is 84.6 Å². The van der Waals surface area contributed by atoms with E-state index in [0.717, 1.165) is 28.1 Å². The van der Waals surface area contributed by atoms with Gasteiger partial charge in [0.05, 0.1) is 23.9 Å². The molecule has 0 fully saturated rings. The third-order valence-corrected chi connectivity index (χ3v) is 4.28. The fourth-order valence-electron chi connectivity index (χ4n) is 2.81. The number of aryl methyl sites for hydroxylation is 1. The first-order valence-corrected chi connectivity index (χ1v) is 8.56. The predicted octanol–water partition coefficient (Wildman–Crippen LogP) is 3.67. The third kappa shape index (κ3) is 3.64. The zero-order chi connectivity index (χ0) is 18.6. The maximum absolute atomic E-state index is 12.5. The molecular formula is C21H18N4O2.